The van der Waals surface area contributed by atoms with Crippen molar-refractivity contribution in [3.8, 4) is 23.6 Å². The fourth-order valence-electron chi connectivity index (χ4n) is 2.40. The summed E-state index contributed by atoms with van der Waals surface area (Å²) in [5.41, 5.74) is 1.58. The van der Waals surface area contributed by atoms with E-state index in [4.69, 9.17) is 20.0 Å². The topological polar surface area (TPSA) is 116 Å². The van der Waals surface area contributed by atoms with E-state index in [2.05, 4.69) is 5.10 Å². The van der Waals surface area contributed by atoms with Gasteiger partial charge in [0.25, 0.3) is 0 Å². The minimum absolute atomic E-state index is 0.0739. The zero-order chi connectivity index (χ0) is 17.8. The van der Waals surface area contributed by atoms with Gasteiger partial charge in [-0.05, 0) is 18.2 Å². The number of fused-ring (bicyclic) bond motifs is 1. The highest BCUT2D eigenvalue weighted by atomic mass is 16.4. The first-order valence-electron chi connectivity index (χ1n) is 7.41. The second-order valence-corrected chi connectivity index (χ2v) is 5.27. The number of nitriles is 2. The van der Waals surface area contributed by atoms with Gasteiger partial charge in [-0.25, -0.2) is 0 Å². The predicted molar refractivity (Wildman–Crippen MR) is 88.9 cm³/mol. The van der Waals surface area contributed by atoms with E-state index in [1.807, 2.05) is 30.3 Å². The number of carboxylic acids is 1. The number of carbonyl (C=O) groups is 1. The summed E-state index contributed by atoms with van der Waals surface area (Å²) in [6.45, 7) is 0.171. The van der Waals surface area contributed by atoms with Gasteiger partial charge >= 0.3 is 5.97 Å². The summed E-state index contributed by atoms with van der Waals surface area (Å²) in [7, 11) is 0. The number of aryl methyl sites for hydroxylation is 1. The summed E-state index contributed by atoms with van der Waals surface area (Å²) in [4.78, 5) is 10.8. The number of carboxylic acid groups (broad SMARTS) is 1. The van der Waals surface area contributed by atoms with E-state index in [0.29, 0.717) is 22.6 Å². The van der Waals surface area contributed by atoms with E-state index in [-0.39, 0.29) is 18.5 Å². The lowest BCUT2D eigenvalue weighted by molar-refractivity contribution is -0.137. The largest absolute Gasteiger partial charge is 0.481 e. The molecule has 3 aromatic rings. The molecule has 0 aliphatic carbocycles. The summed E-state index contributed by atoms with van der Waals surface area (Å²) in [6, 6.07) is 12.9. The molecule has 0 amide bonds. The zero-order valence-corrected chi connectivity index (χ0v) is 13.0. The van der Waals surface area contributed by atoms with Gasteiger partial charge < -0.3 is 9.52 Å². The number of rotatable bonds is 5. The van der Waals surface area contributed by atoms with Gasteiger partial charge in [0.1, 0.15) is 29.0 Å². The summed E-state index contributed by atoms with van der Waals surface area (Å²) in [5.74, 6) is -0.454. The van der Waals surface area contributed by atoms with E-state index in [0.717, 1.165) is 5.39 Å². The number of hydrogen-bond donors (Lipinski definition) is 1. The fraction of sp³-hybridized carbons (Fsp3) is 0.111. The third kappa shape index (κ3) is 3.41. The van der Waals surface area contributed by atoms with Crippen molar-refractivity contribution in [2.75, 3.05) is 0 Å². The number of aliphatic carboxylic acids is 1. The summed E-state index contributed by atoms with van der Waals surface area (Å²) >= 11 is 0. The van der Waals surface area contributed by atoms with Gasteiger partial charge in [0, 0.05) is 17.1 Å². The number of allylic oxidation sites excluding steroid dienone is 1. The van der Waals surface area contributed by atoms with Crippen molar-refractivity contribution in [2.24, 2.45) is 0 Å². The molecule has 0 unspecified atom stereocenters. The van der Waals surface area contributed by atoms with Crippen LogP contribution in [-0.4, -0.2) is 20.9 Å². The Labute approximate surface area is 142 Å². The number of benzene rings is 1. The number of nitrogens with zero attached hydrogens (tertiary/aromatic N) is 4. The molecule has 3 rings (SSSR count). The van der Waals surface area contributed by atoms with Crippen LogP contribution in [0.2, 0.25) is 0 Å². The predicted octanol–water partition coefficient (Wildman–Crippen LogP) is 3.20. The van der Waals surface area contributed by atoms with Crippen molar-refractivity contribution in [3.05, 3.63) is 47.7 Å². The van der Waals surface area contributed by atoms with Gasteiger partial charge in [0.15, 0.2) is 5.76 Å². The quantitative estimate of drug-likeness (QED) is 0.717. The molecule has 2 aromatic heterocycles. The Morgan fingerprint density at radius 1 is 1.32 bits per heavy atom. The minimum Gasteiger partial charge on any atom is -0.481 e. The molecule has 0 bridgehead atoms. The van der Waals surface area contributed by atoms with Crippen molar-refractivity contribution >= 4 is 23.0 Å². The van der Waals surface area contributed by atoms with Crippen molar-refractivity contribution in [1.29, 1.82) is 10.5 Å². The van der Waals surface area contributed by atoms with Gasteiger partial charge in [-0.1, -0.05) is 18.2 Å². The Hall–Kier alpha value is -3.84. The first kappa shape index (κ1) is 16.0. The maximum Gasteiger partial charge on any atom is 0.305 e. The molecule has 0 saturated carbocycles. The second-order valence-electron chi connectivity index (χ2n) is 5.27. The molecule has 0 spiro atoms. The first-order chi connectivity index (χ1) is 12.1. The average molecular weight is 332 g/mol. The van der Waals surface area contributed by atoms with Crippen LogP contribution >= 0.6 is 0 Å². The smallest absolute Gasteiger partial charge is 0.305 e. The lowest BCUT2D eigenvalue weighted by Crippen LogP contribution is -2.04. The molecule has 0 aliphatic rings. The van der Waals surface area contributed by atoms with Crippen molar-refractivity contribution in [1.82, 2.24) is 9.78 Å². The lowest BCUT2D eigenvalue weighted by Gasteiger charge is -1.96. The van der Waals surface area contributed by atoms with E-state index in [1.54, 1.807) is 18.3 Å². The molecule has 7 nitrogen and oxygen atoms in total. The number of furan rings is 1. The van der Waals surface area contributed by atoms with Crippen molar-refractivity contribution in [2.45, 2.75) is 13.0 Å². The summed E-state index contributed by atoms with van der Waals surface area (Å²) < 4.78 is 7.26. The molecule has 0 saturated heterocycles. The molecule has 0 radical (unpaired) electrons. The SMILES string of the molecule is N#CC(C#N)=Cc1cn(CCC(=O)O)nc1-c1cc2ccccc2o1. The molecule has 1 aromatic carbocycles. The third-order valence-electron chi connectivity index (χ3n) is 3.54. The Balaban J connectivity index is 2.09. The molecule has 0 aliphatic heterocycles. The zero-order valence-electron chi connectivity index (χ0n) is 13.0. The van der Waals surface area contributed by atoms with Gasteiger partial charge in [0.2, 0.25) is 0 Å². The molecule has 25 heavy (non-hydrogen) atoms. The van der Waals surface area contributed by atoms with Gasteiger partial charge in [-0.2, -0.15) is 15.6 Å². The Kier molecular flexibility index (Phi) is 4.32. The number of para-hydroxylation sites is 1. The minimum atomic E-state index is -0.937. The highest BCUT2D eigenvalue weighted by molar-refractivity contribution is 5.84. The van der Waals surface area contributed by atoms with E-state index < -0.39 is 5.97 Å². The van der Waals surface area contributed by atoms with Gasteiger partial charge in [-0.15, -0.1) is 0 Å². The standard InChI is InChI=1S/C18H12N4O3/c19-9-12(10-20)7-14-11-22(6-5-17(23)24)21-18(14)16-8-13-3-1-2-4-15(13)25-16/h1-4,7-8,11H,5-6H2,(H,23,24). The van der Waals surface area contributed by atoms with E-state index in [9.17, 15) is 4.79 Å². The van der Waals surface area contributed by atoms with E-state index >= 15 is 0 Å². The van der Waals surface area contributed by atoms with Crippen LogP contribution in [0.15, 0.2) is 46.5 Å². The highest BCUT2D eigenvalue weighted by Crippen LogP contribution is 2.30. The molecule has 7 heteroatoms. The van der Waals surface area contributed by atoms with Crippen LogP contribution in [0.25, 0.3) is 28.5 Å². The van der Waals surface area contributed by atoms with Crippen LogP contribution in [0.4, 0.5) is 0 Å². The van der Waals surface area contributed by atoms with Crippen LogP contribution in [0, 0.1) is 22.7 Å². The molecular weight excluding hydrogens is 320 g/mol. The molecule has 1 N–H and O–H groups in total. The Morgan fingerprint density at radius 2 is 2.08 bits per heavy atom. The van der Waals surface area contributed by atoms with Crippen molar-refractivity contribution in [3.63, 3.8) is 0 Å². The lowest BCUT2D eigenvalue weighted by atomic mass is 10.1. The maximum atomic E-state index is 10.8. The Morgan fingerprint density at radius 3 is 2.76 bits per heavy atom. The van der Waals surface area contributed by atoms with Gasteiger partial charge in [0.05, 0.1) is 13.0 Å². The highest BCUT2D eigenvalue weighted by Gasteiger charge is 2.15. The van der Waals surface area contributed by atoms with Crippen LogP contribution < -0.4 is 0 Å². The van der Waals surface area contributed by atoms with Gasteiger partial charge in [-0.3, -0.25) is 9.48 Å². The summed E-state index contributed by atoms with van der Waals surface area (Å²) in [6.07, 6.45) is 2.92. The number of hydrogen-bond acceptors (Lipinski definition) is 5. The van der Waals surface area contributed by atoms with Crippen LogP contribution in [0.5, 0.6) is 0 Å². The average Bonchev–Trinajstić information content (AvgIpc) is 3.21. The Bertz CT molecular complexity index is 1010. The summed E-state index contributed by atoms with van der Waals surface area (Å²) in [5, 5.41) is 32.0. The fourth-order valence-corrected chi connectivity index (χ4v) is 2.40. The molecule has 0 atom stereocenters. The van der Waals surface area contributed by atoms with Crippen LogP contribution in [0.3, 0.4) is 0 Å². The maximum absolute atomic E-state index is 10.8. The molecular formula is C18H12N4O3. The molecule has 2 heterocycles. The second kappa shape index (κ2) is 6.73. The van der Waals surface area contributed by atoms with Crippen LogP contribution in [-0.2, 0) is 11.3 Å². The molecule has 0 fully saturated rings. The number of aromatic nitrogens is 2. The third-order valence-corrected chi connectivity index (χ3v) is 3.54. The van der Waals surface area contributed by atoms with Crippen LogP contribution in [0.1, 0.15) is 12.0 Å². The first-order valence-corrected chi connectivity index (χ1v) is 7.41. The van der Waals surface area contributed by atoms with E-state index in [1.165, 1.54) is 10.8 Å². The van der Waals surface area contributed by atoms with Crippen molar-refractivity contribution < 1.29 is 14.3 Å². The monoisotopic (exact) mass is 332 g/mol. The molecule has 122 valence electrons. The normalized spacial score (nSPS) is 10.2.